The molecule has 0 aliphatic carbocycles. The van der Waals surface area contributed by atoms with Gasteiger partial charge in [0.25, 0.3) is 0 Å². The third-order valence-corrected chi connectivity index (χ3v) is 4.64. The Bertz CT molecular complexity index is 305. The number of rotatable bonds is 6. The molecule has 2 heterocycles. The van der Waals surface area contributed by atoms with E-state index < -0.39 is 0 Å². The zero-order valence-electron chi connectivity index (χ0n) is 12.7. The Morgan fingerprint density at radius 3 is 2.75 bits per heavy atom. The fourth-order valence-corrected chi connectivity index (χ4v) is 3.53. The molecule has 0 aromatic carbocycles. The highest BCUT2D eigenvalue weighted by Gasteiger charge is 2.37. The van der Waals surface area contributed by atoms with Gasteiger partial charge in [-0.25, -0.2) is 0 Å². The second kappa shape index (κ2) is 7.96. The van der Waals surface area contributed by atoms with Crippen LogP contribution in [0.15, 0.2) is 0 Å². The first-order valence-corrected chi connectivity index (χ1v) is 8.14. The number of aliphatic hydroxyl groups is 1. The van der Waals surface area contributed by atoms with Gasteiger partial charge in [0, 0.05) is 25.7 Å². The molecule has 0 bridgehead atoms. The van der Waals surface area contributed by atoms with Crippen molar-refractivity contribution in [3.05, 3.63) is 0 Å². The maximum atomic E-state index is 12.7. The van der Waals surface area contributed by atoms with Crippen LogP contribution in [0.1, 0.15) is 39.0 Å². The van der Waals surface area contributed by atoms with E-state index in [4.69, 9.17) is 5.11 Å². The lowest BCUT2D eigenvalue weighted by Crippen LogP contribution is -2.51. The summed E-state index contributed by atoms with van der Waals surface area (Å²) in [7, 11) is 0. The van der Waals surface area contributed by atoms with Gasteiger partial charge in [0.2, 0.25) is 5.91 Å². The van der Waals surface area contributed by atoms with Gasteiger partial charge in [-0.05, 0) is 58.7 Å². The van der Waals surface area contributed by atoms with Crippen molar-refractivity contribution in [1.29, 1.82) is 0 Å². The molecule has 2 N–H and O–H groups in total. The molecular weight excluding hydrogens is 254 g/mol. The Labute approximate surface area is 122 Å². The first kappa shape index (κ1) is 15.7. The summed E-state index contributed by atoms with van der Waals surface area (Å²) in [4.78, 5) is 17.1. The standard InChI is InChI=1S/C15H29N3O2/c1-2-17(10-4-12-19)15(20)14-5-3-11-18(14)13-6-8-16-9-7-13/h13-14,16,19H,2-12H2,1H3. The number of aliphatic hydroxyl groups excluding tert-OH is 1. The van der Waals surface area contributed by atoms with Gasteiger partial charge in [-0.3, -0.25) is 9.69 Å². The van der Waals surface area contributed by atoms with Gasteiger partial charge in [0.15, 0.2) is 0 Å². The number of piperidine rings is 1. The number of nitrogens with one attached hydrogen (secondary N) is 1. The van der Waals surface area contributed by atoms with Crippen LogP contribution in [0, 0.1) is 0 Å². The highest BCUT2D eigenvalue weighted by atomic mass is 16.3. The normalized spacial score (nSPS) is 25.0. The Balaban J connectivity index is 1.95. The van der Waals surface area contributed by atoms with Crippen LogP contribution >= 0.6 is 0 Å². The lowest BCUT2D eigenvalue weighted by molar-refractivity contribution is -0.137. The van der Waals surface area contributed by atoms with E-state index in [1.807, 2.05) is 11.8 Å². The zero-order chi connectivity index (χ0) is 14.4. The predicted octanol–water partition coefficient (Wildman–Crippen LogP) is 0.434. The summed E-state index contributed by atoms with van der Waals surface area (Å²) >= 11 is 0. The molecule has 0 radical (unpaired) electrons. The third-order valence-electron chi connectivity index (χ3n) is 4.64. The molecule has 20 heavy (non-hydrogen) atoms. The second-order valence-electron chi connectivity index (χ2n) is 5.87. The Hall–Kier alpha value is -0.650. The van der Waals surface area contributed by atoms with Crippen molar-refractivity contribution < 1.29 is 9.90 Å². The van der Waals surface area contributed by atoms with Gasteiger partial charge in [-0.1, -0.05) is 0 Å². The van der Waals surface area contributed by atoms with E-state index in [-0.39, 0.29) is 18.6 Å². The van der Waals surface area contributed by atoms with Crippen LogP contribution in [-0.4, -0.2) is 72.2 Å². The topological polar surface area (TPSA) is 55.8 Å². The van der Waals surface area contributed by atoms with Crippen LogP contribution in [0.3, 0.4) is 0 Å². The molecule has 0 aromatic heterocycles. The number of hydrogen-bond acceptors (Lipinski definition) is 4. The van der Waals surface area contributed by atoms with Crippen molar-refractivity contribution in [2.24, 2.45) is 0 Å². The van der Waals surface area contributed by atoms with E-state index in [2.05, 4.69) is 10.2 Å². The largest absolute Gasteiger partial charge is 0.396 e. The smallest absolute Gasteiger partial charge is 0.239 e. The molecule has 2 fully saturated rings. The number of hydrogen-bond donors (Lipinski definition) is 2. The van der Waals surface area contributed by atoms with Crippen LogP contribution in [0.4, 0.5) is 0 Å². The number of nitrogens with zero attached hydrogens (tertiary/aromatic N) is 2. The zero-order valence-corrected chi connectivity index (χ0v) is 12.7. The van der Waals surface area contributed by atoms with Gasteiger partial charge >= 0.3 is 0 Å². The SMILES string of the molecule is CCN(CCCO)C(=O)C1CCCN1C1CCNCC1. The highest BCUT2D eigenvalue weighted by molar-refractivity contribution is 5.82. The molecule has 0 spiro atoms. The molecule has 2 aliphatic heterocycles. The molecule has 1 amide bonds. The first-order chi connectivity index (χ1) is 9.77. The highest BCUT2D eigenvalue weighted by Crippen LogP contribution is 2.25. The van der Waals surface area contributed by atoms with Crippen LogP contribution in [0.25, 0.3) is 0 Å². The molecule has 5 heteroatoms. The number of carbonyl (C=O) groups is 1. The van der Waals surface area contributed by atoms with Gasteiger partial charge in [0.05, 0.1) is 6.04 Å². The average Bonchev–Trinajstić information content (AvgIpc) is 2.98. The number of amides is 1. The second-order valence-corrected chi connectivity index (χ2v) is 5.87. The minimum atomic E-state index is 0.0803. The Kier molecular flexibility index (Phi) is 6.26. The molecule has 1 atom stereocenters. The first-order valence-electron chi connectivity index (χ1n) is 8.14. The van der Waals surface area contributed by atoms with E-state index in [0.29, 0.717) is 19.0 Å². The Morgan fingerprint density at radius 1 is 1.35 bits per heavy atom. The van der Waals surface area contributed by atoms with Gasteiger partial charge in [0.1, 0.15) is 0 Å². The van der Waals surface area contributed by atoms with Crippen molar-refractivity contribution in [2.45, 2.75) is 51.1 Å². The van der Waals surface area contributed by atoms with Gasteiger partial charge in [-0.2, -0.15) is 0 Å². The molecule has 2 aliphatic rings. The van der Waals surface area contributed by atoms with Crippen molar-refractivity contribution in [3.63, 3.8) is 0 Å². The average molecular weight is 283 g/mol. The molecule has 5 nitrogen and oxygen atoms in total. The molecule has 0 aromatic rings. The quantitative estimate of drug-likeness (QED) is 0.742. The molecule has 116 valence electrons. The summed E-state index contributed by atoms with van der Waals surface area (Å²) < 4.78 is 0. The van der Waals surface area contributed by atoms with Gasteiger partial charge < -0.3 is 15.3 Å². The lowest BCUT2D eigenvalue weighted by atomic mass is 10.0. The van der Waals surface area contributed by atoms with Gasteiger partial charge in [-0.15, -0.1) is 0 Å². The molecular formula is C15H29N3O2. The fourth-order valence-electron chi connectivity index (χ4n) is 3.53. The molecule has 1 unspecified atom stereocenters. The predicted molar refractivity (Wildman–Crippen MR) is 79.6 cm³/mol. The van der Waals surface area contributed by atoms with E-state index in [0.717, 1.165) is 51.9 Å². The Morgan fingerprint density at radius 2 is 2.10 bits per heavy atom. The van der Waals surface area contributed by atoms with Crippen molar-refractivity contribution in [2.75, 3.05) is 39.3 Å². The minimum Gasteiger partial charge on any atom is -0.396 e. The fraction of sp³-hybridized carbons (Fsp3) is 0.933. The van der Waals surface area contributed by atoms with Crippen molar-refractivity contribution in [1.82, 2.24) is 15.1 Å². The van der Waals surface area contributed by atoms with Crippen LogP contribution in [0.2, 0.25) is 0 Å². The van der Waals surface area contributed by atoms with Crippen LogP contribution in [-0.2, 0) is 4.79 Å². The summed E-state index contributed by atoms with van der Waals surface area (Å²) in [6.45, 7) is 6.83. The number of likely N-dealkylation sites (N-methyl/N-ethyl adjacent to an activating group) is 1. The summed E-state index contributed by atoms with van der Waals surface area (Å²) in [6.07, 6.45) is 5.13. The van der Waals surface area contributed by atoms with E-state index >= 15 is 0 Å². The number of carbonyl (C=O) groups excluding carboxylic acids is 1. The van der Waals surface area contributed by atoms with E-state index in [9.17, 15) is 4.79 Å². The summed E-state index contributed by atoms with van der Waals surface area (Å²) in [6, 6.07) is 0.654. The number of likely N-dealkylation sites (tertiary alicyclic amines) is 1. The van der Waals surface area contributed by atoms with Crippen LogP contribution < -0.4 is 5.32 Å². The van der Waals surface area contributed by atoms with Crippen LogP contribution in [0.5, 0.6) is 0 Å². The molecule has 0 saturated carbocycles. The minimum absolute atomic E-state index is 0.0803. The van der Waals surface area contributed by atoms with Crippen molar-refractivity contribution in [3.8, 4) is 0 Å². The molecule has 2 saturated heterocycles. The van der Waals surface area contributed by atoms with E-state index in [1.54, 1.807) is 0 Å². The molecule has 2 rings (SSSR count). The van der Waals surface area contributed by atoms with Crippen molar-refractivity contribution >= 4 is 5.91 Å². The third kappa shape index (κ3) is 3.71. The summed E-state index contributed by atoms with van der Waals surface area (Å²) in [5.74, 6) is 0.275. The van der Waals surface area contributed by atoms with E-state index in [1.165, 1.54) is 0 Å². The lowest BCUT2D eigenvalue weighted by Gasteiger charge is -2.37. The summed E-state index contributed by atoms with van der Waals surface area (Å²) in [5, 5.41) is 12.4. The summed E-state index contributed by atoms with van der Waals surface area (Å²) in [5.41, 5.74) is 0. The maximum absolute atomic E-state index is 12.7. The monoisotopic (exact) mass is 283 g/mol. The maximum Gasteiger partial charge on any atom is 0.239 e.